The molecule has 0 aliphatic heterocycles. The Bertz CT molecular complexity index is 1690. The number of sulfonamides is 1. The molecule has 0 saturated heterocycles. The Morgan fingerprint density at radius 2 is 1.53 bits per heavy atom. The van der Waals surface area contributed by atoms with Crippen molar-refractivity contribution in [2.24, 2.45) is 0 Å². The average Bonchev–Trinajstić information content (AvgIpc) is 3.28. The summed E-state index contributed by atoms with van der Waals surface area (Å²) in [5.41, 5.74) is 5.22. The van der Waals surface area contributed by atoms with Crippen LogP contribution in [0.1, 0.15) is 41.3 Å². The zero-order valence-corrected chi connectivity index (χ0v) is 22.3. The van der Waals surface area contributed by atoms with Crippen LogP contribution in [-0.4, -0.2) is 20.6 Å². The highest BCUT2D eigenvalue weighted by atomic mass is 32.2. The Hall–Kier alpha value is -4.10. The number of furan rings is 1. The number of anilines is 2. The lowest BCUT2D eigenvalue weighted by Crippen LogP contribution is -2.29. The van der Waals surface area contributed by atoms with Gasteiger partial charge in [0.25, 0.3) is 5.91 Å². The largest absolute Gasteiger partial charge is 0.456 e. The van der Waals surface area contributed by atoms with Crippen molar-refractivity contribution < 1.29 is 17.6 Å². The van der Waals surface area contributed by atoms with Crippen molar-refractivity contribution in [2.75, 3.05) is 15.9 Å². The molecule has 6 nitrogen and oxygen atoms in total. The van der Waals surface area contributed by atoms with Crippen molar-refractivity contribution >= 4 is 49.2 Å². The second-order valence-corrected chi connectivity index (χ2v) is 11.4. The van der Waals surface area contributed by atoms with E-state index in [1.165, 1.54) is 16.1 Å². The van der Waals surface area contributed by atoms with Crippen LogP contribution in [0.4, 0.5) is 11.4 Å². The number of hydrogen-bond acceptors (Lipinski definition) is 4. The highest BCUT2D eigenvalue weighted by Gasteiger charge is 2.18. The van der Waals surface area contributed by atoms with E-state index in [2.05, 4.69) is 12.2 Å². The molecule has 1 N–H and O–H groups in total. The van der Waals surface area contributed by atoms with E-state index in [-0.39, 0.29) is 12.5 Å². The number of amides is 1. The first-order chi connectivity index (χ1) is 18.3. The number of fused-ring (bicyclic) bond motifs is 3. The van der Waals surface area contributed by atoms with Crippen LogP contribution >= 0.6 is 0 Å². The second kappa shape index (κ2) is 10.7. The molecular formula is C31H30N2O4S. The normalized spacial score (nSPS) is 11.6. The van der Waals surface area contributed by atoms with Crippen LogP contribution in [0.3, 0.4) is 0 Å². The van der Waals surface area contributed by atoms with Gasteiger partial charge in [0.15, 0.2) is 0 Å². The minimum absolute atomic E-state index is 0.178. The fraction of sp³-hybridized carbons (Fsp3) is 0.194. The smallest absolute Gasteiger partial charge is 0.255 e. The highest BCUT2D eigenvalue weighted by Crippen LogP contribution is 2.30. The number of benzene rings is 4. The third-order valence-corrected chi connectivity index (χ3v) is 7.76. The number of para-hydroxylation sites is 1. The van der Waals surface area contributed by atoms with Gasteiger partial charge in [-0.25, -0.2) is 8.42 Å². The summed E-state index contributed by atoms with van der Waals surface area (Å²) < 4.78 is 32.5. The summed E-state index contributed by atoms with van der Waals surface area (Å²) in [4.78, 5) is 12.9. The molecule has 5 aromatic rings. The molecule has 7 heteroatoms. The lowest BCUT2D eigenvalue weighted by molar-refractivity contribution is 0.102. The molecule has 1 heterocycles. The minimum atomic E-state index is -3.50. The van der Waals surface area contributed by atoms with Crippen molar-refractivity contribution in [2.45, 2.75) is 32.7 Å². The topological polar surface area (TPSA) is 79.6 Å². The third-order valence-electron chi connectivity index (χ3n) is 6.62. The van der Waals surface area contributed by atoms with Gasteiger partial charge in [-0.3, -0.25) is 9.10 Å². The predicted octanol–water partition coefficient (Wildman–Crippen LogP) is 7.15. The Labute approximate surface area is 222 Å². The van der Waals surface area contributed by atoms with Crippen LogP contribution in [0.5, 0.6) is 0 Å². The van der Waals surface area contributed by atoms with Gasteiger partial charge in [0.1, 0.15) is 11.2 Å². The van der Waals surface area contributed by atoms with Gasteiger partial charge >= 0.3 is 0 Å². The number of hydrogen-bond donors (Lipinski definition) is 1. The van der Waals surface area contributed by atoms with Crippen molar-refractivity contribution in [3.8, 4) is 0 Å². The minimum Gasteiger partial charge on any atom is -0.456 e. The molecule has 5 rings (SSSR count). The zero-order valence-electron chi connectivity index (χ0n) is 21.5. The van der Waals surface area contributed by atoms with Crippen LogP contribution in [0.15, 0.2) is 95.4 Å². The van der Waals surface area contributed by atoms with Crippen LogP contribution in [0, 0.1) is 0 Å². The van der Waals surface area contributed by atoms with Gasteiger partial charge in [-0.2, -0.15) is 0 Å². The summed E-state index contributed by atoms with van der Waals surface area (Å²) in [5.74, 6) is -0.255. The van der Waals surface area contributed by atoms with E-state index in [0.717, 1.165) is 41.2 Å². The molecule has 38 heavy (non-hydrogen) atoms. The van der Waals surface area contributed by atoms with Crippen LogP contribution in [0.2, 0.25) is 0 Å². The number of nitrogens with one attached hydrogen (secondary N) is 1. The molecule has 1 amide bonds. The summed E-state index contributed by atoms with van der Waals surface area (Å²) in [6.45, 7) is 2.33. The molecule has 0 aliphatic rings. The summed E-state index contributed by atoms with van der Waals surface area (Å²) in [7, 11) is -3.50. The molecule has 0 fully saturated rings. The molecule has 0 aliphatic carbocycles. The van der Waals surface area contributed by atoms with Crippen molar-refractivity contribution in [1.82, 2.24) is 0 Å². The molecule has 0 saturated carbocycles. The number of nitrogens with zero attached hydrogens (tertiary/aromatic N) is 1. The second-order valence-electron chi connectivity index (χ2n) is 9.50. The van der Waals surface area contributed by atoms with E-state index in [1.54, 1.807) is 24.3 Å². The fourth-order valence-electron chi connectivity index (χ4n) is 4.54. The maximum absolute atomic E-state index is 12.9. The first-order valence-electron chi connectivity index (χ1n) is 12.7. The molecular weight excluding hydrogens is 496 g/mol. The van der Waals surface area contributed by atoms with Crippen LogP contribution < -0.4 is 9.62 Å². The number of carbonyl (C=O) groups excluding carboxylic acids is 1. The van der Waals surface area contributed by atoms with Crippen molar-refractivity contribution in [1.29, 1.82) is 0 Å². The molecule has 0 bridgehead atoms. The Morgan fingerprint density at radius 1 is 0.842 bits per heavy atom. The summed E-state index contributed by atoms with van der Waals surface area (Å²) in [5, 5.41) is 4.95. The van der Waals surface area contributed by atoms with Gasteiger partial charge < -0.3 is 9.73 Å². The first-order valence-corrected chi connectivity index (χ1v) is 14.5. The Balaban J connectivity index is 1.29. The summed E-state index contributed by atoms with van der Waals surface area (Å²) in [6, 6.07) is 28.1. The quantitative estimate of drug-likeness (QED) is 0.221. The zero-order chi connectivity index (χ0) is 26.7. The lowest BCUT2D eigenvalue weighted by Gasteiger charge is -2.23. The lowest BCUT2D eigenvalue weighted by atomic mass is 10.1. The first kappa shape index (κ1) is 25.5. The standard InChI is InChI=1S/C31H30N2O4S/c1-3-4-7-22-12-17-26(18-13-22)33(38(2,35)36)21-23-10-14-24(15-11-23)31(34)32-25-16-19-28-27-8-5-6-9-29(27)37-30(28)20-25/h5-6,8-20H,3-4,7,21H2,1-2H3,(H,32,34). The van der Waals surface area contributed by atoms with Gasteiger partial charge in [0.05, 0.1) is 18.5 Å². The van der Waals surface area contributed by atoms with E-state index in [0.29, 0.717) is 22.5 Å². The molecule has 0 spiro atoms. The summed E-state index contributed by atoms with van der Waals surface area (Å²) in [6.07, 6.45) is 4.40. The van der Waals surface area contributed by atoms with E-state index >= 15 is 0 Å². The molecule has 0 atom stereocenters. The number of carbonyl (C=O) groups is 1. The molecule has 1 aromatic heterocycles. The van der Waals surface area contributed by atoms with Gasteiger partial charge in [-0.1, -0.05) is 55.8 Å². The molecule has 194 valence electrons. The highest BCUT2D eigenvalue weighted by molar-refractivity contribution is 7.92. The number of aryl methyl sites for hydroxylation is 1. The SMILES string of the molecule is CCCCc1ccc(N(Cc2ccc(C(=O)Nc3ccc4c(c3)oc3ccccc34)cc2)S(C)(=O)=O)cc1. The number of rotatable bonds is 9. The van der Waals surface area contributed by atoms with Gasteiger partial charge in [-0.15, -0.1) is 0 Å². The number of unbranched alkanes of at least 4 members (excludes halogenated alkanes) is 1. The van der Waals surface area contributed by atoms with Crippen molar-refractivity contribution in [3.05, 3.63) is 108 Å². The van der Waals surface area contributed by atoms with E-state index in [4.69, 9.17) is 4.42 Å². The fourth-order valence-corrected chi connectivity index (χ4v) is 5.43. The summed E-state index contributed by atoms with van der Waals surface area (Å²) >= 11 is 0. The van der Waals surface area contributed by atoms with Crippen molar-refractivity contribution in [3.63, 3.8) is 0 Å². The van der Waals surface area contributed by atoms with Crippen LogP contribution in [-0.2, 0) is 23.0 Å². The van der Waals surface area contributed by atoms with Gasteiger partial charge in [-0.05, 0) is 66.4 Å². The maximum Gasteiger partial charge on any atom is 0.255 e. The Kier molecular flexibility index (Phi) is 7.20. The Morgan fingerprint density at radius 3 is 2.24 bits per heavy atom. The van der Waals surface area contributed by atoms with E-state index < -0.39 is 10.0 Å². The molecule has 0 unspecified atom stereocenters. The molecule has 4 aromatic carbocycles. The molecule has 0 radical (unpaired) electrons. The predicted molar refractivity (Wildman–Crippen MR) is 154 cm³/mol. The maximum atomic E-state index is 12.9. The van der Waals surface area contributed by atoms with E-state index in [1.807, 2.05) is 66.7 Å². The average molecular weight is 527 g/mol. The third kappa shape index (κ3) is 5.58. The monoisotopic (exact) mass is 526 g/mol. The van der Waals surface area contributed by atoms with Gasteiger partial charge in [0.2, 0.25) is 10.0 Å². The van der Waals surface area contributed by atoms with Gasteiger partial charge in [0, 0.05) is 28.1 Å². The van der Waals surface area contributed by atoms with Crippen LogP contribution in [0.25, 0.3) is 21.9 Å². The van der Waals surface area contributed by atoms with E-state index in [9.17, 15) is 13.2 Å².